The van der Waals surface area contributed by atoms with E-state index in [-0.39, 0.29) is 11.7 Å². The Morgan fingerprint density at radius 3 is 2.67 bits per heavy atom. The van der Waals surface area contributed by atoms with Crippen LogP contribution in [0, 0.1) is 0 Å². The summed E-state index contributed by atoms with van der Waals surface area (Å²) >= 11 is 0. The predicted molar refractivity (Wildman–Crippen MR) is 93.7 cm³/mol. The molecular weight excluding hydrogens is 304 g/mol. The molecule has 3 aromatic carbocycles. The predicted octanol–water partition coefficient (Wildman–Crippen LogP) is 3.32. The molecule has 2 N–H and O–H groups in total. The number of rotatable bonds is 4. The summed E-state index contributed by atoms with van der Waals surface area (Å²) in [6, 6.07) is 18.2. The lowest BCUT2D eigenvalue weighted by Crippen LogP contribution is -2.17. The van der Waals surface area contributed by atoms with Crippen molar-refractivity contribution < 1.29 is 14.6 Å². The summed E-state index contributed by atoms with van der Waals surface area (Å²) in [6.07, 6.45) is 1.38. The third-order valence-electron chi connectivity index (χ3n) is 3.65. The van der Waals surface area contributed by atoms with Crippen LogP contribution in [0.25, 0.3) is 10.8 Å². The summed E-state index contributed by atoms with van der Waals surface area (Å²) < 4.78 is 5.03. The molecule has 5 heteroatoms. The summed E-state index contributed by atoms with van der Waals surface area (Å²) in [5, 5.41) is 15.7. The maximum Gasteiger partial charge on any atom is 0.271 e. The number of nitrogens with one attached hydrogen (secondary N) is 1. The quantitative estimate of drug-likeness (QED) is 0.572. The Morgan fingerprint density at radius 1 is 1.08 bits per heavy atom. The van der Waals surface area contributed by atoms with Crippen molar-refractivity contribution in [2.75, 3.05) is 7.11 Å². The lowest BCUT2D eigenvalue weighted by atomic mass is 10.0. The largest absolute Gasteiger partial charge is 0.504 e. The van der Waals surface area contributed by atoms with Crippen LogP contribution in [-0.2, 0) is 0 Å². The second kappa shape index (κ2) is 6.83. The molecule has 3 rings (SSSR count). The fourth-order valence-electron chi connectivity index (χ4n) is 2.45. The zero-order chi connectivity index (χ0) is 16.9. The van der Waals surface area contributed by atoms with Gasteiger partial charge in [-0.1, -0.05) is 42.5 Å². The average molecular weight is 320 g/mol. The number of ether oxygens (including phenoxy) is 1. The van der Waals surface area contributed by atoms with Crippen molar-refractivity contribution in [1.82, 2.24) is 5.43 Å². The van der Waals surface area contributed by atoms with Gasteiger partial charge in [-0.15, -0.1) is 0 Å². The van der Waals surface area contributed by atoms with E-state index in [0.29, 0.717) is 16.9 Å². The van der Waals surface area contributed by atoms with Crippen LogP contribution in [0.3, 0.4) is 0 Å². The minimum Gasteiger partial charge on any atom is -0.504 e. The molecule has 0 saturated heterocycles. The van der Waals surface area contributed by atoms with E-state index in [1.807, 2.05) is 36.4 Å². The van der Waals surface area contributed by atoms with E-state index in [4.69, 9.17) is 4.74 Å². The van der Waals surface area contributed by atoms with Gasteiger partial charge in [-0.3, -0.25) is 4.79 Å². The van der Waals surface area contributed by atoms with Crippen molar-refractivity contribution in [2.24, 2.45) is 5.10 Å². The molecule has 0 spiro atoms. The van der Waals surface area contributed by atoms with Gasteiger partial charge in [0.1, 0.15) is 0 Å². The number of hydrogen-bond donors (Lipinski definition) is 2. The first-order chi connectivity index (χ1) is 11.7. The molecule has 24 heavy (non-hydrogen) atoms. The summed E-state index contributed by atoms with van der Waals surface area (Å²) in [5.74, 6) is 0.00734. The number of fused-ring (bicyclic) bond motifs is 1. The summed E-state index contributed by atoms with van der Waals surface area (Å²) in [6.45, 7) is 0. The molecule has 0 aliphatic rings. The zero-order valence-electron chi connectivity index (χ0n) is 13.1. The normalized spacial score (nSPS) is 10.9. The van der Waals surface area contributed by atoms with Gasteiger partial charge < -0.3 is 9.84 Å². The van der Waals surface area contributed by atoms with Gasteiger partial charge in [0.05, 0.1) is 13.3 Å². The number of amides is 1. The van der Waals surface area contributed by atoms with Gasteiger partial charge in [-0.25, -0.2) is 5.43 Å². The van der Waals surface area contributed by atoms with Gasteiger partial charge in [-0.2, -0.15) is 5.10 Å². The van der Waals surface area contributed by atoms with E-state index < -0.39 is 0 Å². The van der Waals surface area contributed by atoms with Crippen molar-refractivity contribution in [3.8, 4) is 11.5 Å². The molecule has 3 aromatic rings. The molecule has 0 aromatic heterocycles. The van der Waals surface area contributed by atoms with E-state index in [1.165, 1.54) is 13.3 Å². The van der Waals surface area contributed by atoms with Gasteiger partial charge in [0.25, 0.3) is 5.91 Å². The molecule has 0 aliphatic carbocycles. The first kappa shape index (κ1) is 15.6. The highest BCUT2D eigenvalue weighted by Gasteiger charge is 2.09. The number of hydrogen-bond acceptors (Lipinski definition) is 4. The molecule has 0 aliphatic heterocycles. The maximum atomic E-state index is 12.3. The molecule has 0 bridgehead atoms. The molecule has 0 saturated carbocycles. The van der Waals surface area contributed by atoms with Gasteiger partial charge in [-0.05, 0) is 29.0 Å². The highest BCUT2D eigenvalue weighted by atomic mass is 16.5. The zero-order valence-corrected chi connectivity index (χ0v) is 13.1. The second-order valence-corrected chi connectivity index (χ2v) is 5.12. The van der Waals surface area contributed by atoms with Crippen LogP contribution in [0.15, 0.2) is 65.8 Å². The summed E-state index contributed by atoms with van der Waals surface area (Å²) in [5.41, 5.74) is 3.48. The molecule has 120 valence electrons. The lowest BCUT2D eigenvalue weighted by Gasteiger charge is -2.06. The fourth-order valence-corrected chi connectivity index (χ4v) is 2.45. The Balaban J connectivity index is 1.80. The Bertz CT molecular complexity index is 914. The number of methoxy groups -OCH3 is 1. The number of benzene rings is 3. The minimum absolute atomic E-state index is 0.0249. The van der Waals surface area contributed by atoms with Crippen molar-refractivity contribution >= 4 is 22.9 Å². The van der Waals surface area contributed by atoms with E-state index in [1.54, 1.807) is 24.3 Å². The average Bonchev–Trinajstić information content (AvgIpc) is 2.62. The lowest BCUT2D eigenvalue weighted by molar-refractivity contribution is 0.0957. The Labute approximate surface area is 139 Å². The molecule has 0 atom stereocenters. The molecule has 0 fully saturated rings. The number of carbonyl (C=O) groups excluding carboxylic acids is 1. The Morgan fingerprint density at radius 2 is 1.83 bits per heavy atom. The number of aromatic hydroxyl groups is 1. The maximum absolute atomic E-state index is 12.3. The van der Waals surface area contributed by atoms with Crippen LogP contribution < -0.4 is 10.2 Å². The number of phenolic OH excluding ortho intramolecular Hbond substituents is 1. The van der Waals surface area contributed by atoms with Crippen LogP contribution in [-0.4, -0.2) is 24.3 Å². The topological polar surface area (TPSA) is 70.9 Å². The van der Waals surface area contributed by atoms with Gasteiger partial charge in [0.15, 0.2) is 11.5 Å². The highest BCUT2D eigenvalue weighted by molar-refractivity contribution is 6.07. The number of para-hydroxylation sites is 1. The molecule has 0 unspecified atom stereocenters. The first-order valence-electron chi connectivity index (χ1n) is 7.38. The van der Waals surface area contributed by atoms with Crippen molar-refractivity contribution in [2.45, 2.75) is 0 Å². The van der Waals surface area contributed by atoms with E-state index in [9.17, 15) is 9.90 Å². The standard InChI is InChI=1S/C19H16N2O3/c1-24-17-11-5-8-14(18(17)22)12-20-21-19(23)16-10-4-7-13-6-2-3-9-15(13)16/h2-12,22H,1H3,(H,21,23)/b20-12+. The molecule has 0 radical (unpaired) electrons. The number of hydrazone groups is 1. The van der Waals surface area contributed by atoms with E-state index in [0.717, 1.165) is 10.8 Å². The third-order valence-corrected chi connectivity index (χ3v) is 3.65. The fraction of sp³-hybridized carbons (Fsp3) is 0.0526. The van der Waals surface area contributed by atoms with Crippen LogP contribution in [0.4, 0.5) is 0 Å². The minimum atomic E-state index is -0.314. The van der Waals surface area contributed by atoms with E-state index >= 15 is 0 Å². The number of phenols is 1. The third kappa shape index (κ3) is 3.05. The van der Waals surface area contributed by atoms with Gasteiger partial charge >= 0.3 is 0 Å². The highest BCUT2D eigenvalue weighted by Crippen LogP contribution is 2.27. The van der Waals surface area contributed by atoms with Crippen LogP contribution in [0.2, 0.25) is 0 Å². The SMILES string of the molecule is COc1cccc(/C=N/NC(=O)c2cccc3ccccc23)c1O. The van der Waals surface area contributed by atoms with Gasteiger partial charge in [0.2, 0.25) is 0 Å². The van der Waals surface area contributed by atoms with Crippen molar-refractivity contribution in [1.29, 1.82) is 0 Å². The smallest absolute Gasteiger partial charge is 0.271 e. The number of carbonyl (C=O) groups is 1. The Kier molecular flexibility index (Phi) is 4.43. The van der Waals surface area contributed by atoms with Crippen LogP contribution in [0.1, 0.15) is 15.9 Å². The van der Waals surface area contributed by atoms with Gasteiger partial charge in [0, 0.05) is 11.1 Å². The Hall–Kier alpha value is -3.34. The molecule has 5 nitrogen and oxygen atoms in total. The van der Waals surface area contributed by atoms with Crippen LogP contribution in [0.5, 0.6) is 11.5 Å². The second-order valence-electron chi connectivity index (χ2n) is 5.12. The molecule has 0 heterocycles. The summed E-state index contributed by atoms with van der Waals surface area (Å²) in [7, 11) is 1.47. The monoisotopic (exact) mass is 320 g/mol. The summed E-state index contributed by atoms with van der Waals surface area (Å²) in [4.78, 5) is 12.3. The van der Waals surface area contributed by atoms with E-state index in [2.05, 4.69) is 10.5 Å². The molecule has 1 amide bonds. The van der Waals surface area contributed by atoms with Crippen LogP contribution >= 0.6 is 0 Å². The molecular formula is C19H16N2O3. The number of nitrogens with zero attached hydrogens (tertiary/aromatic N) is 1. The van der Waals surface area contributed by atoms with Crippen molar-refractivity contribution in [3.05, 3.63) is 71.8 Å². The first-order valence-corrected chi connectivity index (χ1v) is 7.38. The van der Waals surface area contributed by atoms with Crippen molar-refractivity contribution in [3.63, 3.8) is 0 Å².